The molecule has 0 amide bonds. The minimum absolute atomic E-state index is 0.0332. The zero-order valence-electron chi connectivity index (χ0n) is 7.71. The quantitative estimate of drug-likeness (QED) is 0.779. The molecule has 0 radical (unpaired) electrons. The highest BCUT2D eigenvalue weighted by Gasteiger charge is 2.08. The SMILES string of the molecule is N[C@H](CCCO)c1cc(F)cc(F)c1. The molecule has 0 aliphatic carbocycles. The van der Waals surface area contributed by atoms with Crippen LogP contribution in [0.1, 0.15) is 24.4 Å². The Kier molecular flexibility index (Phi) is 3.98. The normalized spacial score (nSPS) is 12.9. The summed E-state index contributed by atoms with van der Waals surface area (Å²) in [5, 5.41) is 8.57. The second-order valence-electron chi connectivity index (χ2n) is 3.18. The number of hydrogen-bond donors (Lipinski definition) is 2. The van der Waals surface area contributed by atoms with Crippen molar-refractivity contribution in [2.75, 3.05) is 6.61 Å². The molecule has 1 aromatic rings. The first kappa shape index (κ1) is 11.1. The third kappa shape index (κ3) is 3.05. The van der Waals surface area contributed by atoms with Crippen molar-refractivity contribution in [2.24, 2.45) is 5.73 Å². The Bertz CT molecular complexity index is 284. The van der Waals surface area contributed by atoms with Crippen LogP contribution in [0, 0.1) is 11.6 Å². The summed E-state index contributed by atoms with van der Waals surface area (Å²) < 4.78 is 25.5. The molecular weight excluding hydrogens is 188 g/mol. The lowest BCUT2D eigenvalue weighted by molar-refractivity contribution is 0.280. The first-order valence-electron chi connectivity index (χ1n) is 4.46. The van der Waals surface area contributed by atoms with Crippen molar-refractivity contribution in [1.82, 2.24) is 0 Å². The van der Waals surface area contributed by atoms with Gasteiger partial charge in [-0.05, 0) is 30.5 Å². The number of aliphatic hydroxyl groups is 1. The number of aliphatic hydroxyl groups excluding tert-OH is 1. The highest BCUT2D eigenvalue weighted by molar-refractivity contribution is 5.20. The first-order valence-corrected chi connectivity index (χ1v) is 4.46. The summed E-state index contributed by atoms with van der Waals surface area (Å²) >= 11 is 0. The van der Waals surface area contributed by atoms with E-state index in [1.807, 2.05) is 0 Å². The zero-order valence-corrected chi connectivity index (χ0v) is 7.71. The lowest BCUT2D eigenvalue weighted by Gasteiger charge is -2.11. The van der Waals surface area contributed by atoms with Gasteiger partial charge in [0, 0.05) is 18.7 Å². The van der Waals surface area contributed by atoms with Crippen LogP contribution in [0.5, 0.6) is 0 Å². The van der Waals surface area contributed by atoms with E-state index in [1.54, 1.807) is 0 Å². The summed E-state index contributed by atoms with van der Waals surface area (Å²) in [6.45, 7) is 0.0332. The molecule has 78 valence electrons. The number of rotatable bonds is 4. The van der Waals surface area contributed by atoms with Crippen LogP contribution in [0.2, 0.25) is 0 Å². The molecule has 0 aliphatic heterocycles. The van der Waals surface area contributed by atoms with Crippen LogP contribution in [-0.4, -0.2) is 11.7 Å². The molecule has 4 heteroatoms. The molecule has 0 saturated carbocycles. The topological polar surface area (TPSA) is 46.2 Å². The Morgan fingerprint density at radius 1 is 1.21 bits per heavy atom. The van der Waals surface area contributed by atoms with Gasteiger partial charge < -0.3 is 10.8 Å². The van der Waals surface area contributed by atoms with E-state index in [9.17, 15) is 8.78 Å². The maximum absolute atomic E-state index is 12.8. The summed E-state index contributed by atoms with van der Waals surface area (Å²) in [6, 6.07) is 2.81. The van der Waals surface area contributed by atoms with Crippen molar-refractivity contribution in [3.8, 4) is 0 Å². The van der Waals surface area contributed by atoms with Gasteiger partial charge in [0.05, 0.1) is 0 Å². The Balaban J connectivity index is 2.73. The van der Waals surface area contributed by atoms with Crippen LogP contribution in [0.25, 0.3) is 0 Å². The molecule has 1 aromatic carbocycles. The van der Waals surface area contributed by atoms with Crippen LogP contribution in [0.3, 0.4) is 0 Å². The van der Waals surface area contributed by atoms with E-state index < -0.39 is 17.7 Å². The van der Waals surface area contributed by atoms with Gasteiger partial charge in [0.25, 0.3) is 0 Å². The molecule has 0 saturated heterocycles. The van der Waals surface area contributed by atoms with Gasteiger partial charge in [-0.25, -0.2) is 8.78 Å². The van der Waals surface area contributed by atoms with E-state index >= 15 is 0 Å². The van der Waals surface area contributed by atoms with Gasteiger partial charge >= 0.3 is 0 Å². The minimum atomic E-state index is -0.626. The van der Waals surface area contributed by atoms with Gasteiger partial charge in [0.1, 0.15) is 11.6 Å². The Morgan fingerprint density at radius 2 is 1.79 bits per heavy atom. The van der Waals surface area contributed by atoms with Crippen LogP contribution in [0.15, 0.2) is 18.2 Å². The third-order valence-electron chi connectivity index (χ3n) is 1.99. The van der Waals surface area contributed by atoms with E-state index in [2.05, 4.69) is 0 Å². The molecule has 0 fully saturated rings. The summed E-state index contributed by atoms with van der Waals surface area (Å²) in [4.78, 5) is 0. The summed E-state index contributed by atoms with van der Waals surface area (Å²) in [7, 11) is 0. The number of nitrogens with two attached hydrogens (primary N) is 1. The lowest BCUT2D eigenvalue weighted by Crippen LogP contribution is -2.11. The number of halogens is 2. The Labute approximate surface area is 81.4 Å². The van der Waals surface area contributed by atoms with Gasteiger partial charge in [-0.15, -0.1) is 0 Å². The van der Waals surface area contributed by atoms with Crippen molar-refractivity contribution in [3.05, 3.63) is 35.4 Å². The highest BCUT2D eigenvalue weighted by Crippen LogP contribution is 2.18. The molecule has 0 aromatic heterocycles. The Morgan fingerprint density at radius 3 is 2.29 bits per heavy atom. The summed E-state index contributed by atoms with van der Waals surface area (Å²) in [6.07, 6.45) is 1.04. The molecule has 1 rings (SSSR count). The second-order valence-corrected chi connectivity index (χ2v) is 3.18. The summed E-state index contributed by atoms with van der Waals surface area (Å²) in [5.74, 6) is -1.25. The van der Waals surface area contributed by atoms with E-state index in [-0.39, 0.29) is 6.61 Å². The standard InChI is InChI=1S/C10H13F2NO/c11-8-4-7(5-9(12)6-8)10(13)2-1-3-14/h4-6,10,14H,1-3,13H2/t10-/m1/s1. The lowest BCUT2D eigenvalue weighted by atomic mass is 10.0. The van der Waals surface area contributed by atoms with E-state index in [1.165, 1.54) is 12.1 Å². The third-order valence-corrected chi connectivity index (χ3v) is 1.99. The van der Waals surface area contributed by atoms with Crippen LogP contribution >= 0.6 is 0 Å². The maximum Gasteiger partial charge on any atom is 0.126 e. The van der Waals surface area contributed by atoms with Crippen molar-refractivity contribution in [2.45, 2.75) is 18.9 Å². The van der Waals surface area contributed by atoms with Gasteiger partial charge in [-0.2, -0.15) is 0 Å². The first-order chi connectivity index (χ1) is 6.63. The molecular formula is C10H13F2NO. The number of benzene rings is 1. The average Bonchev–Trinajstić information content (AvgIpc) is 2.12. The monoisotopic (exact) mass is 201 g/mol. The van der Waals surface area contributed by atoms with Crippen molar-refractivity contribution >= 4 is 0 Å². The van der Waals surface area contributed by atoms with E-state index in [4.69, 9.17) is 10.8 Å². The molecule has 0 unspecified atom stereocenters. The van der Waals surface area contributed by atoms with Crippen LogP contribution < -0.4 is 5.73 Å². The molecule has 0 spiro atoms. The molecule has 1 atom stereocenters. The summed E-state index contributed by atoms with van der Waals surface area (Å²) in [5.41, 5.74) is 6.10. The zero-order chi connectivity index (χ0) is 10.6. The van der Waals surface area contributed by atoms with Gasteiger partial charge in [-0.1, -0.05) is 0 Å². The highest BCUT2D eigenvalue weighted by atomic mass is 19.1. The Hall–Kier alpha value is -1.00. The molecule has 2 nitrogen and oxygen atoms in total. The fourth-order valence-corrected chi connectivity index (χ4v) is 1.27. The smallest absolute Gasteiger partial charge is 0.126 e. The van der Waals surface area contributed by atoms with Crippen molar-refractivity contribution in [3.63, 3.8) is 0 Å². The number of hydrogen-bond acceptors (Lipinski definition) is 2. The molecule has 0 aliphatic rings. The molecule has 14 heavy (non-hydrogen) atoms. The van der Waals surface area contributed by atoms with Crippen molar-refractivity contribution in [1.29, 1.82) is 0 Å². The fraction of sp³-hybridized carbons (Fsp3) is 0.400. The predicted molar refractivity (Wildman–Crippen MR) is 49.6 cm³/mol. The van der Waals surface area contributed by atoms with Gasteiger partial charge in [0.2, 0.25) is 0 Å². The molecule has 0 heterocycles. The van der Waals surface area contributed by atoms with Crippen LogP contribution in [0.4, 0.5) is 8.78 Å². The second kappa shape index (κ2) is 5.02. The van der Waals surface area contributed by atoms with Gasteiger partial charge in [0.15, 0.2) is 0 Å². The maximum atomic E-state index is 12.8. The largest absolute Gasteiger partial charge is 0.396 e. The molecule has 3 N–H and O–H groups in total. The molecule has 0 bridgehead atoms. The van der Waals surface area contributed by atoms with Crippen LogP contribution in [-0.2, 0) is 0 Å². The van der Waals surface area contributed by atoms with E-state index in [0.29, 0.717) is 18.4 Å². The van der Waals surface area contributed by atoms with Crippen molar-refractivity contribution < 1.29 is 13.9 Å². The van der Waals surface area contributed by atoms with E-state index in [0.717, 1.165) is 6.07 Å². The predicted octanol–water partition coefficient (Wildman–Crippen LogP) is 1.74. The minimum Gasteiger partial charge on any atom is -0.396 e. The average molecular weight is 201 g/mol. The fourth-order valence-electron chi connectivity index (χ4n) is 1.27. The van der Waals surface area contributed by atoms with Gasteiger partial charge in [-0.3, -0.25) is 0 Å².